The van der Waals surface area contributed by atoms with Crippen LogP contribution in [-0.4, -0.2) is 43.5 Å². The second-order valence-corrected chi connectivity index (χ2v) is 6.30. The van der Waals surface area contributed by atoms with E-state index < -0.39 is 0 Å². The van der Waals surface area contributed by atoms with Crippen LogP contribution in [0.5, 0.6) is 0 Å². The summed E-state index contributed by atoms with van der Waals surface area (Å²) >= 11 is 5.50. The van der Waals surface area contributed by atoms with Gasteiger partial charge in [-0.1, -0.05) is 30.3 Å². The van der Waals surface area contributed by atoms with Crippen molar-refractivity contribution in [2.45, 2.75) is 32.0 Å². The van der Waals surface area contributed by atoms with Crippen molar-refractivity contribution in [3.8, 4) is 0 Å². The van der Waals surface area contributed by atoms with Gasteiger partial charge in [0.25, 0.3) is 0 Å². The molecule has 118 valence electrons. The number of benzene rings is 1. The van der Waals surface area contributed by atoms with Gasteiger partial charge in [0.1, 0.15) is 5.82 Å². The maximum atomic E-state index is 9.78. The SMILES string of the molecule is Cn1c(Cc2ccccc2)nn(CN2CCC[C@@H](O)C2)c1=S. The number of nitrogens with zero attached hydrogens (tertiary/aromatic N) is 4. The number of hydrogen-bond donors (Lipinski definition) is 1. The van der Waals surface area contributed by atoms with Gasteiger partial charge in [0.2, 0.25) is 0 Å². The summed E-state index contributed by atoms with van der Waals surface area (Å²) < 4.78 is 4.57. The number of rotatable bonds is 4. The van der Waals surface area contributed by atoms with Crippen LogP contribution in [0.4, 0.5) is 0 Å². The predicted octanol–water partition coefficient (Wildman–Crippen LogP) is 1.96. The number of piperidine rings is 1. The highest BCUT2D eigenvalue weighted by Crippen LogP contribution is 2.12. The van der Waals surface area contributed by atoms with Crippen LogP contribution in [0.3, 0.4) is 0 Å². The van der Waals surface area contributed by atoms with E-state index in [1.807, 2.05) is 34.5 Å². The summed E-state index contributed by atoms with van der Waals surface area (Å²) in [6.45, 7) is 2.34. The van der Waals surface area contributed by atoms with Gasteiger partial charge < -0.3 is 9.67 Å². The summed E-state index contributed by atoms with van der Waals surface area (Å²) in [6.07, 6.45) is 2.47. The fraction of sp³-hybridized carbons (Fsp3) is 0.500. The first kappa shape index (κ1) is 15.4. The standard InChI is InChI=1S/C16H22N4OS/c1-18-15(10-13-6-3-2-4-7-13)17-20(16(18)22)12-19-9-5-8-14(21)11-19/h2-4,6-7,14,21H,5,8-12H2,1H3/t14-/m1/s1. The topological polar surface area (TPSA) is 46.2 Å². The van der Waals surface area contributed by atoms with Crippen LogP contribution in [-0.2, 0) is 20.1 Å². The Morgan fingerprint density at radius 2 is 2.09 bits per heavy atom. The molecule has 0 spiro atoms. The van der Waals surface area contributed by atoms with E-state index in [9.17, 15) is 5.11 Å². The van der Waals surface area contributed by atoms with Gasteiger partial charge in [-0.25, -0.2) is 4.68 Å². The molecule has 3 rings (SSSR count). The van der Waals surface area contributed by atoms with Gasteiger partial charge in [0, 0.05) is 26.6 Å². The van der Waals surface area contributed by atoms with Gasteiger partial charge in [0.15, 0.2) is 4.77 Å². The molecule has 2 heterocycles. The van der Waals surface area contributed by atoms with Crippen molar-refractivity contribution in [1.82, 2.24) is 19.2 Å². The van der Waals surface area contributed by atoms with Crippen LogP contribution in [0.1, 0.15) is 24.2 Å². The van der Waals surface area contributed by atoms with Crippen LogP contribution in [0.2, 0.25) is 0 Å². The summed E-state index contributed by atoms with van der Waals surface area (Å²) in [6, 6.07) is 10.3. The van der Waals surface area contributed by atoms with E-state index >= 15 is 0 Å². The summed E-state index contributed by atoms with van der Waals surface area (Å²) in [5.41, 5.74) is 1.23. The van der Waals surface area contributed by atoms with Crippen LogP contribution in [0, 0.1) is 4.77 Å². The Balaban J connectivity index is 1.76. The molecule has 5 nitrogen and oxygen atoms in total. The number of aliphatic hydroxyl groups excluding tert-OH is 1. The van der Waals surface area contributed by atoms with E-state index in [1.165, 1.54) is 5.56 Å². The molecule has 0 unspecified atom stereocenters. The molecule has 0 aliphatic carbocycles. The van der Waals surface area contributed by atoms with E-state index in [0.29, 0.717) is 13.2 Å². The second kappa shape index (κ2) is 6.73. The van der Waals surface area contributed by atoms with Gasteiger partial charge in [-0.3, -0.25) is 4.90 Å². The number of aromatic nitrogens is 3. The van der Waals surface area contributed by atoms with Crippen molar-refractivity contribution in [2.75, 3.05) is 13.1 Å². The molecule has 0 saturated carbocycles. The summed E-state index contributed by atoms with van der Waals surface area (Å²) in [5, 5.41) is 14.5. The summed E-state index contributed by atoms with van der Waals surface area (Å²) in [4.78, 5) is 2.21. The van der Waals surface area contributed by atoms with Gasteiger partial charge in [-0.05, 0) is 30.6 Å². The third kappa shape index (κ3) is 3.45. The Morgan fingerprint density at radius 1 is 1.32 bits per heavy atom. The normalized spacial score (nSPS) is 19.5. The van der Waals surface area contributed by atoms with E-state index in [1.54, 1.807) is 0 Å². The van der Waals surface area contributed by atoms with E-state index in [-0.39, 0.29) is 6.10 Å². The number of hydrogen-bond acceptors (Lipinski definition) is 4. The van der Waals surface area contributed by atoms with E-state index in [4.69, 9.17) is 12.2 Å². The molecule has 1 atom stereocenters. The van der Waals surface area contributed by atoms with Crippen molar-refractivity contribution >= 4 is 12.2 Å². The first-order chi connectivity index (χ1) is 10.6. The van der Waals surface area contributed by atoms with Crippen molar-refractivity contribution < 1.29 is 5.11 Å². The zero-order valence-corrected chi connectivity index (χ0v) is 13.7. The number of aliphatic hydroxyl groups is 1. The minimum absolute atomic E-state index is 0.226. The lowest BCUT2D eigenvalue weighted by molar-refractivity contribution is 0.0512. The highest BCUT2D eigenvalue weighted by Gasteiger charge is 2.19. The first-order valence-electron chi connectivity index (χ1n) is 7.70. The predicted molar refractivity (Wildman–Crippen MR) is 88.1 cm³/mol. The third-order valence-electron chi connectivity index (χ3n) is 4.15. The molecule has 1 aliphatic heterocycles. The molecule has 1 fully saturated rings. The maximum Gasteiger partial charge on any atom is 0.198 e. The van der Waals surface area contributed by atoms with Crippen molar-refractivity contribution in [3.63, 3.8) is 0 Å². The lowest BCUT2D eigenvalue weighted by Gasteiger charge is -2.29. The minimum Gasteiger partial charge on any atom is -0.392 e. The zero-order valence-electron chi connectivity index (χ0n) is 12.9. The summed E-state index contributed by atoms with van der Waals surface area (Å²) in [7, 11) is 1.97. The van der Waals surface area contributed by atoms with Gasteiger partial charge in [0.05, 0.1) is 12.8 Å². The highest BCUT2D eigenvalue weighted by atomic mass is 32.1. The fourth-order valence-electron chi connectivity index (χ4n) is 2.91. The van der Waals surface area contributed by atoms with Crippen LogP contribution in [0.15, 0.2) is 30.3 Å². The van der Waals surface area contributed by atoms with E-state index in [2.05, 4.69) is 22.1 Å². The van der Waals surface area contributed by atoms with Crippen LogP contribution < -0.4 is 0 Å². The molecule has 1 N–H and O–H groups in total. The fourth-order valence-corrected chi connectivity index (χ4v) is 3.11. The van der Waals surface area contributed by atoms with Gasteiger partial charge in [-0.15, -0.1) is 0 Å². The first-order valence-corrected chi connectivity index (χ1v) is 8.11. The molecular weight excluding hydrogens is 296 g/mol. The monoisotopic (exact) mass is 318 g/mol. The molecule has 0 radical (unpaired) electrons. The Morgan fingerprint density at radius 3 is 2.82 bits per heavy atom. The van der Waals surface area contributed by atoms with Gasteiger partial charge >= 0.3 is 0 Å². The molecule has 0 bridgehead atoms. The third-order valence-corrected chi connectivity index (χ3v) is 4.64. The molecule has 1 saturated heterocycles. The number of likely N-dealkylation sites (tertiary alicyclic amines) is 1. The number of β-amino-alcohol motifs (C(OH)–C–C–N with tert-alkyl or cyclic N) is 1. The average molecular weight is 318 g/mol. The quantitative estimate of drug-likeness (QED) is 0.876. The lowest BCUT2D eigenvalue weighted by atomic mass is 10.1. The molecular formula is C16H22N4OS. The van der Waals surface area contributed by atoms with Crippen molar-refractivity contribution in [3.05, 3.63) is 46.5 Å². The molecule has 1 aliphatic rings. The summed E-state index contributed by atoms with van der Waals surface area (Å²) in [5.74, 6) is 0.966. The molecule has 22 heavy (non-hydrogen) atoms. The minimum atomic E-state index is -0.226. The second-order valence-electron chi connectivity index (χ2n) is 5.93. The Labute approximate surface area is 135 Å². The molecule has 6 heteroatoms. The van der Waals surface area contributed by atoms with Crippen LogP contribution in [0.25, 0.3) is 0 Å². The van der Waals surface area contributed by atoms with E-state index in [0.717, 1.165) is 36.4 Å². The Hall–Kier alpha value is -1.50. The Bertz CT molecular complexity index is 679. The lowest BCUT2D eigenvalue weighted by Crippen LogP contribution is -2.39. The van der Waals surface area contributed by atoms with Crippen molar-refractivity contribution in [2.24, 2.45) is 7.05 Å². The molecule has 1 aromatic heterocycles. The smallest absolute Gasteiger partial charge is 0.198 e. The molecule has 0 amide bonds. The zero-order chi connectivity index (χ0) is 15.5. The van der Waals surface area contributed by atoms with Gasteiger partial charge in [-0.2, -0.15) is 5.10 Å². The van der Waals surface area contributed by atoms with Crippen molar-refractivity contribution in [1.29, 1.82) is 0 Å². The largest absolute Gasteiger partial charge is 0.392 e. The Kier molecular flexibility index (Phi) is 4.71. The highest BCUT2D eigenvalue weighted by molar-refractivity contribution is 7.71. The average Bonchev–Trinajstić information content (AvgIpc) is 2.77. The van der Waals surface area contributed by atoms with Crippen LogP contribution >= 0.6 is 12.2 Å². The molecule has 1 aromatic carbocycles. The molecule has 2 aromatic rings. The maximum absolute atomic E-state index is 9.78.